The molecule has 1 aliphatic carbocycles. The van der Waals surface area contributed by atoms with E-state index in [9.17, 15) is 19.5 Å². The molecule has 0 aromatic heterocycles. The highest BCUT2D eigenvalue weighted by Gasteiger charge is 2.34. The lowest BCUT2D eigenvalue weighted by Crippen LogP contribution is -2.58. The second kappa shape index (κ2) is 10.5. The molecule has 3 rings (SSSR count). The third-order valence-electron chi connectivity index (χ3n) is 5.77. The molecule has 8 heteroatoms. The minimum absolute atomic E-state index is 0.0998. The molecule has 3 N–H and O–H groups in total. The normalized spacial score (nSPS) is 13.5. The van der Waals surface area contributed by atoms with Gasteiger partial charge in [0.1, 0.15) is 18.2 Å². The first-order valence-electron chi connectivity index (χ1n) is 10.9. The number of carboxylic acids is 1. The monoisotopic (exact) mass is 454 g/mol. The summed E-state index contributed by atoms with van der Waals surface area (Å²) in [5, 5.41) is 14.4. The summed E-state index contributed by atoms with van der Waals surface area (Å²) in [6.07, 6.45) is -0.0486. The summed E-state index contributed by atoms with van der Waals surface area (Å²) in [5.41, 5.74) is 3.05. The molecule has 1 aliphatic rings. The third-order valence-corrected chi connectivity index (χ3v) is 5.77. The summed E-state index contributed by atoms with van der Waals surface area (Å²) in [5.74, 6) is -1.85. The van der Waals surface area contributed by atoms with Crippen molar-refractivity contribution in [3.05, 3.63) is 59.7 Å². The number of rotatable bonds is 10. The molecule has 0 heterocycles. The maximum atomic E-state index is 12.7. The molecule has 0 spiro atoms. The summed E-state index contributed by atoms with van der Waals surface area (Å²) in [4.78, 5) is 36.6. The summed E-state index contributed by atoms with van der Waals surface area (Å²) >= 11 is 0. The van der Waals surface area contributed by atoms with Crippen molar-refractivity contribution < 1.29 is 29.0 Å². The van der Waals surface area contributed by atoms with E-state index in [0.29, 0.717) is 13.0 Å². The lowest BCUT2D eigenvalue weighted by atomic mass is 9.98. The van der Waals surface area contributed by atoms with Crippen LogP contribution in [0.25, 0.3) is 11.1 Å². The van der Waals surface area contributed by atoms with Crippen LogP contribution in [0, 0.1) is 0 Å². The quantitative estimate of drug-likeness (QED) is 0.475. The van der Waals surface area contributed by atoms with Crippen molar-refractivity contribution in [3.63, 3.8) is 0 Å². The smallest absolute Gasteiger partial charge is 0.408 e. The van der Waals surface area contributed by atoms with Crippen LogP contribution in [-0.2, 0) is 19.1 Å². The second-order valence-corrected chi connectivity index (χ2v) is 8.57. The lowest BCUT2D eigenvalue weighted by molar-refractivity contribution is -0.143. The molecular formula is C25H30N2O6. The molecule has 2 aromatic rings. The molecule has 33 heavy (non-hydrogen) atoms. The van der Waals surface area contributed by atoms with Gasteiger partial charge in [-0.05, 0) is 48.9 Å². The van der Waals surface area contributed by atoms with Gasteiger partial charge in [0.2, 0.25) is 5.91 Å². The Morgan fingerprint density at radius 1 is 1.03 bits per heavy atom. The van der Waals surface area contributed by atoms with E-state index in [4.69, 9.17) is 9.47 Å². The van der Waals surface area contributed by atoms with Crippen LogP contribution in [0.5, 0.6) is 0 Å². The van der Waals surface area contributed by atoms with E-state index in [2.05, 4.69) is 10.6 Å². The van der Waals surface area contributed by atoms with E-state index in [1.807, 2.05) is 48.5 Å². The molecule has 2 amide bonds. The zero-order valence-corrected chi connectivity index (χ0v) is 19.1. The number of hydrogen-bond acceptors (Lipinski definition) is 5. The number of carboxylic acid groups (broad SMARTS) is 1. The first kappa shape index (κ1) is 24.3. The minimum atomic E-state index is -1.36. The van der Waals surface area contributed by atoms with Crippen molar-refractivity contribution >= 4 is 18.0 Å². The topological polar surface area (TPSA) is 114 Å². The summed E-state index contributed by atoms with van der Waals surface area (Å²) in [6.45, 7) is 3.50. The maximum absolute atomic E-state index is 12.7. The summed E-state index contributed by atoms with van der Waals surface area (Å²) in [6, 6.07) is 14.9. The zero-order chi connectivity index (χ0) is 24.0. The molecule has 176 valence electrons. The Balaban J connectivity index is 1.60. The van der Waals surface area contributed by atoms with E-state index in [0.717, 1.165) is 22.3 Å². The number of alkyl carbamates (subject to hydrolysis) is 1. The zero-order valence-electron chi connectivity index (χ0n) is 19.1. The molecule has 0 aliphatic heterocycles. The van der Waals surface area contributed by atoms with Crippen LogP contribution >= 0.6 is 0 Å². The Kier molecular flexibility index (Phi) is 7.71. The van der Waals surface area contributed by atoms with Gasteiger partial charge in [-0.2, -0.15) is 0 Å². The SMILES string of the molecule is COCCCC(NC(=O)C(C)(C)NC(=O)OCC1c2ccccc2-c2ccccc21)C(=O)O. The van der Waals surface area contributed by atoms with Gasteiger partial charge in [0.05, 0.1) is 0 Å². The van der Waals surface area contributed by atoms with Crippen LogP contribution in [-0.4, -0.2) is 55.0 Å². The Hall–Kier alpha value is -3.39. The van der Waals surface area contributed by atoms with Gasteiger partial charge in [0.15, 0.2) is 0 Å². The van der Waals surface area contributed by atoms with E-state index < -0.39 is 29.6 Å². The predicted molar refractivity (Wildman–Crippen MR) is 123 cm³/mol. The third kappa shape index (κ3) is 5.70. The molecule has 0 saturated heterocycles. The standard InChI is InChI=1S/C25H30N2O6/c1-25(2,23(30)26-21(22(28)29)13-8-14-32-3)27-24(31)33-15-20-18-11-6-4-9-16(18)17-10-5-7-12-19(17)20/h4-7,9-12,20-21H,8,13-15H2,1-3H3,(H,26,30)(H,27,31)(H,28,29). The molecule has 1 atom stereocenters. The van der Waals surface area contributed by atoms with E-state index >= 15 is 0 Å². The van der Waals surface area contributed by atoms with Gasteiger partial charge in [-0.25, -0.2) is 9.59 Å². The Labute approximate surface area is 193 Å². The number of nitrogens with one attached hydrogen (secondary N) is 2. The first-order chi connectivity index (χ1) is 15.7. The number of methoxy groups -OCH3 is 1. The molecule has 1 unspecified atom stereocenters. The fourth-order valence-electron chi connectivity index (χ4n) is 3.97. The van der Waals surface area contributed by atoms with Gasteiger partial charge in [0.25, 0.3) is 0 Å². The lowest BCUT2D eigenvalue weighted by Gasteiger charge is -2.27. The Bertz CT molecular complexity index is 974. The highest BCUT2D eigenvalue weighted by molar-refractivity contribution is 5.92. The Morgan fingerprint density at radius 3 is 2.15 bits per heavy atom. The van der Waals surface area contributed by atoms with E-state index in [1.165, 1.54) is 21.0 Å². The van der Waals surface area contributed by atoms with Crippen molar-refractivity contribution in [2.75, 3.05) is 20.3 Å². The second-order valence-electron chi connectivity index (χ2n) is 8.57. The maximum Gasteiger partial charge on any atom is 0.408 e. The van der Waals surface area contributed by atoms with E-state index in [1.54, 1.807) is 0 Å². The highest BCUT2D eigenvalue weighted by Crippen LogP contribution is 2.44. The average Bonchev–Trinajstić information content (AvgIpc) is 3.10. The number of aliphatic carboxylic acids is 1. The first-order valence-corrected chi connectivity index (χ1v) is 10.9. The largest absolute Gasteiger partial charge is 0.480 e. The molecule has 8 nitrogen and oxygen atoms in total. The van der Waals surface area contributed by atoms with Crippen molar-refractivity contribution in [1.29, 1.82) is 0 Å². The van der Waals surface area contributed by atoms with Crippen LogP contribution in [0.1, 0.15) is 43.7 Å². The van der Waals surface area contributed by atoms with Gasteiger partial charge in [0, 0.05) is 19.6 Å². The highest BCUT2D eigenvalue weighted by atomic mass is 16.5. The van der Waals surface area contributed by atoms with Crippen LogP contribution in [0.2, 0.25) is 0 Å². The van der Waals surface area contributed by atoms with Gasteiger partial charge in [-0.3, -0.25) is 4.79 Å². The van der Waals surface area contributed by atoms with Gasteiger partial charge < -0.3 is 25.2 Å². The average molecular weight is 455 g/mol. The van der Waals surface area contributed by atoms with Crippen molar-refractivity contribution in [2.45, 2.75) is 44.2 Å². The van der Waals surface area contributed by atoms with Crippen LogP contribution in [0.3, 0.4) is 0 Å². The molecule has 0 fully saturated rings. The van der Waals surface area contributed by atoms with Gasteiger partial charge in [-0.15, -0.1) is 0 Å². The number of fused-ring (bicyclic) bond motifs is 3. The predicted octanol–water partition coefficient (Wildman–Crippen LogP) is 3.30. The van der Waals surface area contributed by atoms with Crippen molar-refractivity contribution in [3.8, 4) is 11.1 Å². The van der Waals surface area contributed by atoms with E-state index in [-0.39, 0.29) is 18.9 Å². The molecule has 2 aromatic carbocycles. The Morgan fingerprint density at radius 2 is 1.61 bits per heavy atom. The van der Waals surface area contributed by atoms with Crippen LogP contribution in [0.15, 0.2) is 48.5 Å². The number of hydrogen-bond donors (Lipinski definition) is 3. The molecular weight excluding hydrogens is 424 g/mol. The number of benzene rings is 2. The van der Waals surface area contributed by atoms with Gasteiger partial charge in [-0.1, -0.05) is 48.5 Å². The molecule has 0 bridgehead atoms. The number of carbonyl (C=O) groups is 3. The van der Waals surface area contributed by atoms with Crippen LogP contribution < -0.4 is 10.6 Å². The van der Waals surface area contributed by atoms with Crippen LogP contribution in [0.4, 0.5) is 4.79 Å². The number of carbonyl (C=O) groups excluding carboxylic acids is 2. The molecule has 0 saturated carbocycles. The minimum Gasteiger partial charge on any atom is -0.480 e. The number of amides is 2. The number of ether oxygens (including phenoxy) is 2. The van der Waals surface area contributed by atoms with Crippen molar-refractivity contribution in [1.82, 2.24) is 10.6 Å². The fourth-order valence-corrected chi connectivity index (χ4v) is 3.97. The molecule has 0 radical (unpaired) electrons. The van der Waals surface area contributed by atoms with Gasteiger partial charge >= 0.3 is 12.1 Å². The summed E-state index contributed by atoms with van der Waals surface area (Å²) < 4.78 is 10.4. The summed E-state index contributed by atoms with van der Waals surface area (Å²) in [7, 11) is 1.52. The van der Waals surface area contributed by atoms with Crippen molar-refractivity contribution in [2.24, 2.45) is 0 Å². The fraction of sp³-hybridized carbons (Fsp3) is 0.400.